The van der Waals surface area contributed by atoms with Gasteiger partial charge in [0.25, 0.3) is 17.5 Å². The molecule has 3 N–H and O–H groups in total. The summed E-state index contributed by atoms with van der Waals surface area (Å²) in [6.45, 7) is 0. The highest BCUT2D eigenvalue weighted by molar-refractivity contribution is 8.00. The fourth-order valence-corrected chi connectivity index (χ4v) is 4.26. The number of fused-ring (bicyclic) bond motifs is 1. The Labute approximate surface area is 202 Å². The third kappa shape index (κ3) is 5.27. The van der Waals surface area contributed by atoms with Gasteiger partial charge in [0.1, 0.15) is 5.57 Å². The highest BCUT2D eigenvalue weighted by atomic mass is 32.2. The van der Waals surface area contributed by atoms with E-state index in [1.165, 1.54) is 24.3 Å². The number of thioether (sulfide) groups is 1. The van der Waals surface area contributed by atoms with Crippen LogP contribution in [-0.2, 0) is 14.4 Å². The van der Waals surface area contributed by atoms with Crippen LogP contribution < -0.4 is 16.0 Å². The Hall–Kier alpha value is -4.09. The van der Waals surface area contributed by atoms with Crippen LogP contribution in [0.5, 0.6) is 0 Å². The molecule has 9 nitrogen and oxygen atoms in total. The first-order chi connectivity index (χ1) is 16.3. The van der Waals surface area contributed by atoms with E-state index in [4.69, 9.17) is 12.2 Å². The molecule has 0 aromatic heterocycles. The van der Waals surface area contributed by atoms with Gasteiger partial charge in [-0.05, 0) is 52.8 Å². The molecule has 170 valence electrons. The molecule has 3 aromatic carbocycles. The standard InChI is InChI=1S/C23H16N4O5S2/c28-20(24-16-7-6-14-3-1-2-4-15(14)11-16)12-34-19-8-5-13(10-18(19)27(31)32)9-17-21(29)25-23(33)26-22(17)30/h1-11H,12H2,(H,24,28)(H2,25,26,29,30,33). The minimum Gasteiger partial charge on any atom is -0.325 e. The number of nitrogens with one attached hydrogen (secondary N) is 3. The van der Waals surface area contributed by atoms with E-state index >= 15 is 0 Å². The monoisotopic (exact) mass is 492 g/mol. The Morgan fingerprint density at radius 1 is 1.03 bits per heavy atom. The zero-order chi connectivity index (χ0) is 24.2. The summed E-state index contributed by atoms with van der Waals surface area (Å²) in [7, 11) is 0. The average Bonchev–Trinajstić information content (AvgIpc) is 2.80. The number of nitro benzene ring substituents is 1. The van der Waals surface area contributed by atoms with Crippen molar-refractivity contribution in [2.75, 3.05) is 11.1 Å². The number of carbonyl (C=O) groups is 3. The number of nitro groups is 1. The van der Waals surface area contributed by atoms with Gasteiger partial charge in [-0.2, -0.15) is 0 Å². The second kappa shape index (κ2) is 9.81. The van der Waals surface area contributed by atoms with Crippen molar-refractivity contribution in [1.82, 2.24) is 10.6 Å². The Balaban J connectivity index is 1.47. The predicted octanol–water partition coefficient (Wildman–Crippen LogP) is 3.39. The minimum absolute atomic E-state index is 0.0453. The van der Waals surface area contributed by atoms with Gasteiger partial charge in [0.15, 0.2) is 5.11 Å². The van der Waals surface area contributed by atoms with Crippen LogP contribution in [0.2, 0.25) is 0 Å². The number of anilines is 1. The molecular formula is C23H16N4O5S2. The number of hydrogen-bond donors (Lipinski definition) is 3. The van der Waals surface area contributed by atoms with Gasteiger partial charge >= 0.3 is 0 Å². The highest BCUT2D eigenvalue weighted by Crippen LogP contribution is 2.31. The first-order valence-electron chi connectivity index (χ1n) is 9.88. The topological polar surface area (TPSA) is 130 Å². The number of benzene rings is 3. The molecule has 1 aliphatic heterocycles. The summed E-state index contributed by atoms with van der Waals surface area (Å²) in [5.41, 5.74) is 0.442. The zero-order valence-electron chi connectivity index (χ0n) is 17.4. The summed E-state index contributed by atoms with van der Waals surface area (Å²) in [5, 5.41) is 20.9. The van der Waals surface area contributed by atoms with Gasteiger partial charge in [0.05, 0.1) is 15.6 Å². The fraction of sp³-hybridized carbons (Fsp3) is 0.0435. The molecule has 11 heteroatoms. The summed E-state index contributed by atoms with van der Waals surface area (Å²) in [4.78, 5) is 47.7. The number of nitrogens with zero attached hydrogens (tertiary/aromatic N) is 1. The van der Waals surface area contributed by atoms with Crippen molar-refractivity contribution < 1.29 is 19.3 Å². The Morgan fingerprint density at radius 2 is 1.74 bits per heavy atom. The molecule has 34 heavy (non-hydrogen) atoms. The van der Waals surface area contributed by atoms with Crippen molar-refractivity contribution in [3.63, 3.8) is 0 Å². The average molecular weight is 493 g/mol. The van der Waals surface area contributed by atoms with E-state index in [0.29, 0.717) is 5.69 Å². The molecule has 3 amide bonds. The normalized spacial score (nSPS) is 13.3. The summed E-state index contributed by atoms with van der Waals surface area (Å²) in [6.07, 6.45) is 1.24. The molecule has 1 heterocycles. The van der Waals surface area contributed by atoms with E-state index in [-0.39, 0.29) is 38.5 Å². The molecule has 4 rings (SSSR count). The van der Waals surface area contributed by atoms with Gasteiger partial charge < -0.3 is 5.32 Å². The van der Waals surface area contributed by atoms with Gasteiger partial charge in [0, 0.05) is 11.8 Å². The SMILES string of the molecule is O=C(CSc1ccc(C=C2C(=O)NC(=S)NC2=O)cc1[N+](=O)[O-])Nc1ccc2ccccc2c1. The van der Waals surface area contributed by atoms with Gasteiger partial charge in [-0.15, -0.1) is 11.8 Å². The first-order valence-corrected chi connectivity index (χ1v) is 11.3. The van der Waals surface area contributed by atoms with Crippen molar-refractivity contribution in [1.29, 1.82) is 0 Å². The van der Waals surface area contributed by atoms with Crippen LogP contribution in [0.15, 0.2) is 71.1 Å². The second-order valence-electron chi connectivity index (χ2n) is 7.18. The molecule has 1 fully saturated rings. The molecule has 0 unspecified atom stereocenters. The lowest BCUT2D eigenvalue weighted by molar-refractivity contribution is -0.387. The number of rotatable bonds is 6. The molecule has 0 spiro atoms. The molecule has 0 bridgehead atoms. The maximum atomic E-state index is 12.4. The van der Waals surface area contributed by atoms with Gasteiger partial charge in [-0.25, -0.2) is 0 Å². The first kappa shape index (κ1) is 23.1. The summed E-state index contributed by atoms with van der Waals surface area (Å²) in [6, 6.07) is 17.5. The molecule has 0 atom stereocenters. The summed E-state index contributed by atoms with van der Waals surface area (Å²) < 4.78 is 0. The van der Waals surface area contributed by atoms with Crippen LogP contribution in [0.3, 0.4) is 0 Å². The molecule has 0 aliphatic carbocycles. The van der Waals surface area contributed by atoms with Gasteiger partial charge in [-0.3, -0.25) is 35.1 Å². The quantitative estimate of drug-likeness (QED) is 0.120. The van der Waals surface area contributed by atoms with Crippen molar-refractivity contribution in [2.45, 2.75) is 4.90 Å². The zero-order valence-corrected chi connectivity index (χ0v) is 19.0. The Morgan fingerprint density at radius 3 is 2.44 bits per heavy atom. The van der Waals surface area contributed by atoms with Crippen molar-refractivity contribution in [2.24, 2.45) is 0 Å². The van der Waals surface area contributed by atoms with Crippen LogP contribution >= 0.6 is 24.0 Å². The number of hydrogen-bond acceptors (Lipinski definition) is 7. The lowest BCUT2D eigenvalue weighted by Gasteiger charge is -2.16. The molecule has 0 saturated carbocycles. The van der Waals surface area contributed by atoms with E-state index in [1.54, 1.807) is 6.07 Å². The van der Waals surface area contributed by atoms with Crippen LogP contribution in [0, 0.1) is 10.1 Å². The minimum atomic E-state index is -0.694. The Kier molecular flexibility index (Phi) is 6.66. The Bertz CT molecular complexity index is 1380. The van der Waals surface area contributed by atoms with Crippen LogP contribution in [0.4, 0.5) is 11.4 Å². The van der Waals surface area contributed by atoms with E-state index in [0.717, 1.165) is 22.5 Å². The van der Waals surface area contributed by atoms with Crippen LogP contribution in [-0.4, -0.2) is 33.5 Å². The predicted molar refractivity (Wildman–Crippen MR) is 133 cm³/mol. The van der Waals surface area contributed by atoms with Crippen molar-refractivity contribution in [3.8, 4) is 0 Å². The molecular weight excluding hydrogens is 476 g/mol. The van der Waals surface area contributed by atoms with E-state index < -0.39 is 16.7 Å². The molecule has 1 saturated heterocycles. The van der Waals surface area contributed by atoms with Gasteiger partial charge in [-0.1, -0.05) is 36.4 Å². The highest BCUT2D eigenvalue weighted by Gasteiger charge is 2.26. The number of amides is 3. The lowest BCUT2D eigenvalue weighted by Crippen LogP contribution is -2.51. The summed E-state index contributed by atoms with van der Waals surface area (Å²) >= 11 is 5.76. The largest absolute Gasteiger partial charge is 0.325 e. The van der Waals surface area contributed by atoms with E-state index in [2.05, 4.69) is 16.0 Å². The number of carbonyl (C=O) groups excluding carboxylic acids is 3. The van der Waals surface area contributed by atoms with Crippen molar-refractivity contribution >= 4 is 75.0 Å². The van der Waals surface area contributed by atoms with E-state index in [9.17, 15) is 24.5 Å². The number of thiocarbonyl (C=S) groups is 1. The maximum absolute atomic E-state index is 12.4. The summed E-state index contributed by atoms with van der Waals surface area (Å²) in [5.74, 6) is -1.75. The third-order valence-electron chi connectivity index (χ3n) is 4.83. The van der Waals surface area contributed by atoms with Gasteiger partial charge in [0.2, 0.25) is 5.91 Å². The fourth-order valence-electron chi connectivity index (χ4n) is 3.27. The molecule has 1 aliphatic rings. The van der Waals surface area contributed by atoms with Crippen LogP contribution in [0.25, 0.3) is 16.8 Å². The van der Waals surface area contributed by atoms with Crippen LogP contribution in [0.1, 0.15) is 5.56 Å². The van der Waals surface area contributed by atoms with Crippen molar-refractivity contribution in [3.05, 3.63) is 81.9 Å². The molecule has 3 aromatic rings. The molecule has 0 radical (unpaired) electrons. The van der Waals surface area contributed by atoms with E-state index in [1.807, 2.05) is 36.4 Å². The lowest BCUT2D eigenvalue weighted by atomic mass is 10.1. The second-order valence-corrected chi connectivity index (χ2v) is 8.60. The smallest absolute Gasteiger partial charge is 0.283 e. The third-order valence-corrected chi connectivity index (χ3v) is 6.09. The maximum Gasteiger partial charge on any atom is 0.283 e.